The zero-order valence-electron chi connectivity index (χ0n) is 15.5. The van der Waals surface area contributed by atoms with E-state index in [-0.39, 0.29) is 0 Å². The van der Waals surface area contributed by atoms with E-state index < -0.39 is 8.07 Å². The quantitative estimate of drug-likeness (QED) is 0.689. The highest BCUT2D eigenvalue weighted by Gasteiger charge is 2.55. The minimum atomic E-state index is -1.32. The molecule has 0 spiro atoms. The lowest BCUT2D eigenvalue weighted by Gasteiger charge is -2.49. The minimum Gasteiger partial charge on any atom is -0.314 e. The molecule has 1 N–H and O–H groups in total. The Kier molecular flexibility index (Phi) is 4.12. The second kappa shape index (κ2) is 5.88. The van der Waals surface area contributed by atoms with Crippen LogP contribution in [-0.4, -0.2) is 20.7 Å². The second-order valence-electron chi connectivity index (χ2n) is 9.57. The van der Waals surface area contributed by atoms with E-state index in [9.17, 15) is 0 Å². The van der Waals surface area contributed by atoms with Gasteiger partial charge in [-0.3, -0.25) is 0 Å². The van der Waals surface area contributed by atoms with Crippen molar-refractivity contribution in [2.45, 2.75) is 70.6 Å². The van der Waals surface area contributed by atoms with Crippen LogP contribution in [0.5, 0.6) is 0 Å². The molecule has 3 fully saturated rings. The van der Waals surface area contributed by atoms with Crippen LogP contribution in [0, 0.1) is 29.6 Å². The monoisotopic (exact) mass is 329 g/mol. The predicted octanol–water partition coefficient (Wildman–Crippen LogP) is 5.17. The number of piperidine rings is 1. The summed E-state index contributed by atoms with van der Waals surface area (Å²) in [5.41, 5.74) is 1.01. The predicted molar refractivity (Wildman–Crippen MR) is 102 cm³/mol. The molecule has 4 aliphatic rings. The Hall–Kier alpha value is -0.343. The summed E-state index contributed by atoms with van der Waals surface area (Å²) in [5, 5.41) is 5.73. The summed E-state index contributed by atoms with van der Waals surface area (Å²) in [4.78, 5) is 0. The van der Waals surface area contributed by atoms with Crippen LogP contribution in [0.1, 0.15) is 46.0 Å². The van der Waals surface area contributed by atoms with Gasteiger partial charge in [-0.15, -0.1) is 0 Å². The van der Waals surface area contributed by atoms with Crippen LogP contribution in [-0.2, 0) is 0 Å². The van der Waals surface area contributed by atoms with Crippen LogP contribution >= 0.6 is 0 Å². The van der Waals surface area contributed by atoms with Gasteiger partial charge in [-0.1, -0.05) is 50.4 Å². The Morgan fingerprint density at radius 1 is 1.09 bits per heavy atom. The molecule has 3 aliphatic carbocycles. The minimum absolute atomic E-state index is 0.827. The highest BCUT2D eigenvalue weighted by molar-refractivity contribution is 6.85. The molecule has 0 aromatic heterocycles. The van der Waals surface area contributed by atoms with Crippen LogP contribution in [0.3, 0.4) is 0 Å². The van der Waals surface area contributed by atoms with Crippen molar-refractivity contribution in [1.82, 2.24) is 5.32 Å². The Morgan fingerprint density at radius 2 is 1.91 bits per heavy atom. The van der Waals surface area contributed by atoms with Crippen molar-refractivity contribution in [2.75, 3.05) is 6.54 Å². The Balaban J connectivity index is 1.62. The molecule has 1 saturated heterocycles. The van der Waals surface area contributed by atoms with Crippen molar-refractivity contribution in [3.63, 3.8) is 0 Å². The fourth-order valence-electron chi connectivity index (χ4n) is 7.23. The molecule has 23 heavy (non-hydrogen) atoms. The maximum atomic E-state index is 3.91. The highest BCUT2D eigenvalue weighted by Crippen LogP contribution is 2.60. The third kappa shape index (κ3) is 2.52. The maximum Gasteiger partial charge on any atom is 0.0794 e. The SMILES string of the molecule is CC1CC2C(C)C3CCCNC3CC2C1[Si](C)(C)C1=CC=CC1. The van der Waals surface area contributed by atoms with Crippen LogP contribution in [0.25, 0.3) is 0 Å². The number of nitrogens with one attached hydrogen (secondary N) is 1. The summed E-state index contributed by atoms with van der Waals surface area (Å²) in [6.45, 7) is 11.8. The van der Waals surface area contributed by atoms with Crippen molar-refractivity contribution in [3.8, 4) is 0 Å². The van der Waals surface area contributed by atoms with Gasteiger partial charge in [-0.25, -0.2) is 0 Å². The van der Waals surface area contributed by atoms with Gasteiger partial charge in [0.15, 0.2) is 0 Å². The first-order valence-corrected chi connectivity index (χ1v) is 13.2. The fourth-order valence-corrected chi connectivity index (χ4v) is 11.8. The first-order valence-electron chi connectivity index (χ1n) is 10.1. The fraction of sp³-hybridized carbons (Fsp3) is 0.810. The van der Waals surface area contributed by atoms with Crippen molar-refractivity contribution < 1.29 is 0 Å². The largest absolute Gasteiger partial charge is 0.314 e. The topological polar surface area (TPSA) is 12.0 Å². The summed E-state index contributed by atoms with van der Waals surface area (Å²) in [7, 11) is -1.32. The third-order valence-electron chi connectivity index (χ3n) is 8.21. The molecule has 2 heteroatoms. The van der Waals surface area contributed by atoms with Crippen molar-refractivity contribution in [1.29, 1.82) is 0 Å². The van der Waals surface area contributed by atoms with Gasteiger partial charge in [-0.05, 0) is 73.8 Å². The number of hydrogen-bond acceptors (Lipinski definition) is 1. The van der Waals surface area contributed by atoms with Crippen molar-refractivity contribution >= 4 is 8.07 Å². The second-order valence-corrected chi connectivity index (χ2v) is 14.3. The molecular weight excluding hydrogens is 294 g/mol. The average molecular weight is 330 g/mol. The molecular formula is C21H35NSi. The first kappa shape index (κ1) is 16.1. The molecule has 2 saturated carbocycles. The number of hydrogen-bond donors (Lipinski definition) is 1. The van der Waals surface area contributed by atoms with Gasteiger partial charge < -0.3 is 5.32 Å². The van der Waals surface area contributed by atoms with Gasteiger partial charge in [0.25, 0.3) is 0 Å². The van der Waals surface area contributed by atoms with Gasteiger partial charge >= 0.3 is 0 Å². The van der Waals surface area contributed by atoms with E-state index in [4.69, 9.17) is 0 Å². The Morgan fingerprint density at radius 3 is 2.65 bits per heavy atom. The van der Waals surface area contributed by atoms with E-state index >= 15 is 0 Å². The maximum absolute atomic E-state index is 3.91. The van der Waals surface area contributed by atoms with Gasteiger partial charge in [0.2, 0.25) is 0 Å². The van der Waals surface area contributed by atoms with Crippen LogP contribution in [0.15, 0.2) is 23.4 Å². The molecule has 7 atom stereocenters. The molecule has 1 heterocycles. The van der Waals surface area contributed by atoms with E-state index in [1.807, 2.05) is 5.20 Å². The molecule has 4 rings (SSSR count). The van der Waals surface area contributed by atoms with E-state index in [0.29, 0.717) is 0 Å². The molecule has 0 amide bonds. The summed E-state index contributed by atoms with van der Waals surface area (Å²) in [5.74, 6) is 4.86. The van der Waals surface area contributed by atoms with E-state index in [1.165, 1.54) is 38.6 Å². The Bertz CT molecular complexity index is 520. The summed E-state index contributed by atoms with van der Waals surface area (Å²) < 4.78 is 0. The van der Waals surface area contributed by atoms with Crippen molar-refractivity contribution in [2.24, 2.45) is 29.6 Å². The summed E-state index contributed by atoms with van der Waals surface area (Å²) in [6.07, 6.45) is 14.3. The van der Waals surface area contributed by atoms with Gasteiger partial charge in [0.05, 0.1) is 8.07 Å². The number of rotatable bonds is 2. The molecule has 1 aliphatic heterocycles. The molecule has 0 bridgehead atoms. The Labute approximate surface area is 144 Å². The lowest BCUT2D eigenvalue weighted by atomic mass is 9.64. The summed E-state index contributed by atoms with van der Waals surface area (Å²) >= 11 is 0. The van der Waals surface area contributed by atoms with Gasteiger partial charge in [-0.2, -0.15) is 0 Å². The lowest BCUT2D eigenvalue weighted by molar-refractivity contribution is 0.0628. The highest BCUT2D eigenvalue weighted by atomic mass is 28.3. The number of fused-ring (bicyclic) bond motifs is 2. The molecule has 0 aromatic carbocycles. The number of allylic oxidation sites excluding steroid dienone is 4. The van der Waals surface area contributed by atoms with E-state index in [0.717, 1.165) is 41.2 Å². The summed E-state index contributed by atoms with van der Waals surface area (Å²) in [6, 6.07) is 0.827. The standard InChI is InChI=1S/C21H35NSi/c1-14-12-18-15(2)17-10-7-11-22-20(17)13-19(18)21(14)23(3,4)16-8-5-6-9-16/h5-6,8,14-15,17-22H,7,9-13H2,1-4H3. The molecule has 128 valence electrons. The van der Waals surface area contributed by atoms with Crippen LogP contribution in [0.4, 0.5) is 0 Å². The van der Waals surface area contributed by atoms with Crippen LogP contribution in [0.2, 0.25) is 18.6 Å². The normalized spacial score (nSPS) is 46.4. The molecule has 7 unspecified atom stereocenters. The average Bonchev–Trinajstić information content (AvgIpc) is 3.15. The van der Waals surface area contributed by atoms with E-state index in [1.54, 1.807) is 0 Å². The van der Waals surface area contributed by atoms with E-state index in [2.05, 4.69) is 50.5 Å². The molecule has 0 radical (unpaired) electrons. The van der Waals surface area contributed by atoms with Gasteiger partial charge in [0.1, 0.15) is 0 Å². The zero-order chi connectivity index (χ0) is 16.2. The smallest absolute Gasteiger partial charge is 0.0794 e. The first-order chi connectivity index (χ1) is 11.0. The lowest BCUT2D eigenvalue weighted by Crippen LogP contribution is -2.52. The van der Waals surface area contributed by atoms with Gasteiger partial charge in [0, 0.05) is 6.04 Å². The zero-order valence-corrected chi connectivity index (χ0v) is 16.5. The third-order valence-corrected chi connectivity index (χ3v) is 12.9. The van der Waals surface area contributed by atoms with Crippen molar-refractivity contribution in [3.05, 3.63) is 23.4 Å². The van der Waals surface area contributed by atoms with Crippen LogP contribution < -0.4 is 5.32 Å². The molecule has 1 nitrogen and oxygen atoms in total. The molecule has 0 aromatic rings.